The summed E-state index contributed by atoms with van der Waals surface area (Å²) in [7, 11) is 0. The number of carbonyl (C=O) groups excluding carboxylic acids is 1. The van der Waals surface area contributed by atoms with Gasteiger partial charge in [0.15, 0.2) is 0 Å². The molecule has 0 spiro atoms. The number of nitrogens with one attached hydrogen (secondary N) is 1. The van der Waals surface area contributed by atoms with E-state index < -0.39 is 10.8 Å². The van der Waals surface area contributed by atoms with Crippen LogP contribution in [0.3, 0.4) is 0 Å². The number of thiazole rings is 1. The Morgan fingerprint density at radius 2 is 2.21 bits per heavy atom. The minimum Gasteiger partial charge on any atom is -0.325 e. The van der Waals surface area contributed by atoms with E-state index in [1.54, 1.807) is 11.4 Å². The minimum atomic E-state index is -0.554. The molecule has 0 aliphatic rings. The SMILES string of the molecule is NCc1nc(C(=O)Nc2ccccc2[N+](=O)[O-])cs1. The van der Waals surface area contributed by atoms with Crippen molar-refractivity contribution >= 4 is 28.6 Å². The lowest BCUT2D eigenvalue weighted by Gasteiger charge is -2.03. The number of nitrogens with two attached hydrogens (primary N) is 1. The van der Waals surface area contributed by atoms with Crippen LogP contribution in [0.4, 0.5) is 11.4 Å². The summed E-state index contributed by atoms with van der Waals surface area (Å²) >= 11 is 1.27. The van der Waals surface area contributed by atoms with E-state index in [2.05, 4.69) is 10.3 Å². The summed E-state index contributed by atoms with van der Waals surface area (Å²) in [5.74, 6) is -0.495. The van der Waals surface area contributed by atoms with E-state index in [1.807, 2.05) is 0 Å². The Kier molecular flexibility index (Phi) is 3.83. The molecule has 8 heteroatoms. The van der Waals surface area contributed by atoms with Crippen LogP contribution >= 0.6 is 11.3 Å². The molecule has 1 aromatic heterocycles. The van der Waals surface area contributed by atoms with Crippen LogP contribution in [0.1, 0.15) is 15.5 Å². The molecule has 0 fully saturated rings. The maximum atomic E-state index is 11.9. The van der Waals surface area contributed by atoms with Gasteiger partial charge in [-0.15, -0.1) is 11.3 Å². The van der Waals surface area contributed by atoms with E-state index in [0.717, 1.165) is 0 Å². The van der Waals surface area contributed by atoms with Gasteiger partial charge in [-0.1, -0.05) is 12.1 Å². The zero-order chi connectivity index (χ0) is 13.8. The van der Waals surface area contributed by atoms with E-state index in [9.17, 15) is 14.9 Å². The normalized spacial score (nSPS) is 10.2. The van der Waals surface area contributed by atoms with Gasteiger partial charge in [-0.3, -0.25) is 14.9 Å². The third kappa shape index (κ3) is 2.92. The highest BCUT2D eigenvalue weighted by Gasteiger charge is 2.17. The first-order valence-corrected chi connectivity index (χ1v) is 6.19. The van der Waals surface area contributed by atoms with Crippen molar-refractivity contribution in [3.8, 4) is 0 Å². The molecule has 2 rings (SSSR count). The maximum Gasteiger partial charge on any atom is 0.292 e. The second-order valence-corrected chi connectivity index (χ2v) is 4.50. The van der Waals surface area contributed by atoms with Crippen molar-refractivity contribution < 1.29 is 9.72 Å². The fraction of sp³-hybridized carbons (Fsp3) is 0.0909. The van der Waals surface area contributed by atoms with E-state index in [-0.39, 0.29) is 23.6 Å². The lowest BCUT2D eigenvalue weighted by Crippen LogP contribution is -2.13. The monoisotopic (exact) mass is 278 g/mol. The largest absolute Gasteiger partial charge is 0.325 e. The van der Waals surface area contributed by atoms with Gasteiger partial charge in [0.05, 0.1) is 4.92 Å². The molecular weight excluding hydrogens is 268 g/mol. The molecular formula is C11H10N4O3S. The smallest absolute Gasteiger partial charge is 0.292 e. The number of anilines is 1. The predicted octanol–water partition coefficient (Wildman–Crippen LogP) is 1.76. The van der Waals surface area contributed by atoms with Gasteiger partial charge in [-0.2, -0.15) is 0 Å². The molecule has 3 N–H and O–H groups in total. The number of benzene rings is 1. The predicted molar refractivity (Wildman–Crippen MR) is 71.1 cm³/mol. The molecule has 19 heavy (non-hydrogen) atoms. The lowest BCUT2D eigenvalue weighted by molar-refractivity contribution is -0.383. The highest BCUT2D eigenvalue weighted by molar-refractivity contribution is 7.09. The van der Waals surface area contributed by atoms with Crippen LogP contribution < -0.4 is 11.1 Å². The van der Waals surface area contributed by atoms with Gasteiger partial charge in [0, 0.05) is 18.0 Å². The first-order valence-electron chi connectivity index (χ1n) is 5.31. The standard InChI is InChI=1S/C11H10N4O3S/c12-5-10-13-8(6-19-10)11(16)14-7-3-1-2-4-9(7)15(17)18/h1-4,6H,5,12H2,(H,14,16). The number of rotatable bonds is 4. The molecule has 1 heterocycles. The molecule has 7 nitrogen and oxygen atoms in total. The van der Waals surface area contributed by atoms with Gasteiger partial charge < -0.3 is 11.1 Å². The first kappa shape index (κ1) is 13.1. The van der Waals surface area contributed by atoms with Crippen molar-refractivity contribution in [1.82, 2.24) is 4.98 Å². The summed E-state index contributed by atoms with van der Waals surface area (Å²) in [6, 6.07) is 5.92. The fourth-order valence-corrected chi connectivity index (χ4v) is 2.09. The number of hydrogen-bond acceptors (Lipinski definition) is 6. The van der Waals surface area contributed by atoms with Gasteiger partial charge in [0.25, 0.3) is 11.6 Å². The van der Waals surface area contributed by atoms with Crippen LogP contribution in [0.25, 0.3) is 0 Å². The zero-order valence-electron chi connectivity index (χ0n) is 9.70. The average Bonchev–Trinajstić information content (AvgIpc) is 2.88. The second-order valence-electron chi connectivity index (χ2n) is 3.56. The van der Waals surface area contributed by atoms with Crippen LogP contribution in [0.5, 0.6) is 0 Å². The minimum absolute atomic E-state index is 0.139. The van der Waals surface area contributed by atoms with E-state index in [4.69, 9.17) is 5.73 Å². The van der Waals surface area contributed by atoms with Crippen molar-refractivity contribution in [2.45, 2.75) is 6.54 Å². The van der Waals surface area contributed by atoms with Crippen LogP contribution in [0.2, 0.25) is 0 Å². The van der Waals surface area contributed by atoms with Crippen molar-refractivity contribution in [3.05, 3.63) is 50.5 Å². The quantitative estimate of drug-likeness (QED) is 0.653. The van der Waals surface area contributed by atoms with Crippen molar-refractivity contribution in [2.75, 3.05) is 5.32 Å². The number of para-hydroxylation sites is 2. The van der Waals surface area contributed by atoms with Crippen molar-refractivity contribution in [3.63, 3.8) is 0 Å². The molecule has 0 radical (unpaired) electrons. The molecule has 0 saturated heterocycles. The number of nitro benzene ring substituents is 1. The van der Waals surface area contributed by atoms with Crippen LogP contribution in [-0.4, -0.2) is 15.8 Å². The summed E-state index contributed by atoms with van der Waals surface area (Å²) in [6.07, 6.45) is 0. The van der Waals surface area contributed by atoms with Gasteiger partial charge in [-0.25, -0.2) is 4.98 Å². The molecule has 1 aromatic carbocycles. The molecule has 0 bridgehead atoms. The maximum absolute atomic E-state index is 11.9. The van der Waals surface area contributed by atoms with Crippen LogP contribution in [0.15, 0.2) is 29.6 Å². The van der Waals surface area contributed by atoms with Gasteiger partial charge in [0.1, 0.15) is 16.4 Å². The highest BCUT2D eigenvalue weighted by Crippen LogP contribution is 2.23. The van der Waals surface area contributed by atoms with Gasteiger partial charge >= 0.3 is 0 Å². The summed E-state index contributed by atoms with van der Waals surface area (Å²) in [5.41, 5.74) is 5.58. The Bertz CT molecular complexity index is 626. The molecule has 0 aliphatic carbocycles. The Hall–Kier alpha value is -2.32. The Labute approximate surface area is 112 Å². The van der Waals surface area contributed by atoms with Gasteiger partial charge in [-0.05, 0) is 6.07 Å². The third-order valence-corrected chi connectivity index (χ3v) is 3.18. The number of aromatic nitrogens is 1. The highest BCUT2D eigenvalue weighted by atomic mass is 32.1. The second kappa shape index (κ2) is 5.55. The fourth-order valence-electron chi connectivity index (χ4n) is 1.43. The average molecular weight is 278 g/mol. The number of nitro groups is 1. The third-order valence-electron chi connectivity index (χ3n) is 2.31. The van der Waals surface area contributed by atoms with Crippen LogP contribution in [0, 0.1) is 10.1 Å². The molecule has 1 amide bonds. The Morgan fingerprint density at radius 3 is 2.84 bits per heavy atom. The molecule has 2 aromatic rings. The van der Waals surface area contributed by atoms with Crippen molar-refractivity contribution in [1.29, 1.82) is 0 Å². The molecule has 0 aliphatic heterocycles. The Balaban J connectivity index is 2.21. The molecule has 0 unspecified atom stereocenters. The van der Waals surface area contributed by atoms with Crippen molar-refractivity contribution in [2.24, 2.45) is 5.73 Å². The summed E-state index contributed by atoms with van der Waals surface area (Å²) in [5, 5.41) is 15.5. The first-order chi connectivity index (χ1) is 9.11. The number of hydrogen-bond donors (Lipinski definition) is 2. The molecule has 98 valence electrons. The lowest BCUT2D eigenvalue weighted by atomic mass is 10.2. The zero-order valence-corrected chi connectivity index (χ0v) is 10.5. The van der Waals surface area contributed by atoms with Crippen LogP contribution in [-0.2, 0) is 6.54 Å². The summed E-state index contributed by atoms with van der Waals surface area (Å²) in [6.45, 7) is 0.253. The van der Waals surface area contributed by atoms with Gasteiger partial charge in [0.2, 0.25) is 0 Å². The number of carbonyl (C=O) groups is 1. The molecule has 0 saturated carbocycles. The van der Waals surface area contributed by atoms with E-state index in [0.29, 0.717) is 5.01 Å². The van der Waals surface area contributed by atoms with E-state index in [1.165, 1.54) is 29.5 Å². The molecule has 0 atom stereocenters. The van der Waals surface area contributed by atoms with E-state index >= 15 is 0 Å². The summed E-state index contributed by atoms with van der Waals surface area (Å²) in [4.78, 5) is 26.2. The Morgan fingerprint density at radius 1 is 1.47 bits per heavy atom. The number of nitrogens with zero attached hydrogens (tertiary/aromatic N) is 2. The summed E-state index contributed by atoms with van der Waals surface area (Å²) < 4.78 is 0. The topological polar surface area (TPSA) is 111 Å². The number of amides is 1.